The number of carbonyl (C=O) groups excluding carboxylic acids is 3. The molecule has 20 heavy (non-hydrogen) atoms. The largest absolute Gasteiger partial charge is 0.330 e. The van der Waals surface area contributed by atoms with E-state index in [1.807, 2.05) is 6.92 Å². The Hall–Kier alpha value is -1.43. The van der Waals surface area contributed by atoms with Crippen molar-refractivity contribution in [3.63, 3.8) is 0 Å². The number of hydrogen-bond donors (Lipinski definition) is 2. The molecule has 0 aromatic rings. The first-order chi connectivity index (χ1) is 9.30. The van der Waals surface area contributed by atoms with Crippen molar-refractivity contribution in [3.8, 4) is 0 Å². The Morgan fingerprint density at radius 1 is 1.40 bits per heavy atom. The molecule has 6 nitrogen and oxygen atoms in total. The van der Waals surface area contributed by atoms with Gasteiger partial charge in [0.25, 0.3) is 0 Å². The fourth-order valence-electron chi connectivity index (χ4n) is 2.44. The molecule has 1 atom stereocenters. The number of piperazine rings is 1. The van der Waals surface area contributed by atoms with Crippen molar-refractivity contribution in [3.05, 3.63) is 0 Å². The van der Waals surface area contributed by atoms with Gasteiger partial charge in [-0.1, -0.05) is 20.8 Å². The van der Waals surface area contributed by atoms with Gasteiger partial charge in [-0.15, -0.1) is 0 Å². The normalized spacial score (nSPS) is 20.0. The SMILES string of the molecule is CCC1C(=O)NC(=O)CN1C(=O)CCC(C)(C)CCN. The maximum atomic E-state index is 12.3. The average molecular weight is 283 g/mol. The van der Waals surface area contributed by atoms with Gasteiger partial charge in [0.15, 0.2) is 0 Å². The van der Waals surface area contributed by atoms with Crippen molar-refractivity contribution in [2.24, 2.45) is 11.1 Å². The van der Waals surface area contributed by atoms with Gasteiger partial charge in [-0.25, -0.2) is 0 Å². The maximum absolute atomic E-state index is 12.3. The molecule has 0 aromatic carbocycles. The van der Waals surface area contributed by atoms with Crippen LogP contribution in [0.15, 0.2) is 0 Å². The molecule has 1 rings (SSSR count). The van der Waals surface area contributed by atoms with Crippen LogP contribution in [0.4, 0.5) is 0 Å². The van der Waals surface area contributed by atoms with Crippen LogP contribution >= 0.6 is 0 Å². The van der Waals surface area contributed by atoms with Crippen LogP contribution in [-0.4, -0.2) is 41.8 Å². The van der Waals surface area contributed by atoms with E-state index in [4.69, 9.17) is 5.73 Å². The molecule has 1 heterocycles. The summed E-state index contributed by atoms with van der Waals surface area (Å²) in [6.07, 6.45) is 2.39. The minimum atomic E-state index is -0.530. The molecule has 3 N–H and O–H groups in total. The Morgan fingerprint density at radius 2 is 2.05 bits per heavy atom. The third-order valence-corrected chi connectivity index (χ3v) is 3.80. The second kappa shape index (κ2) is 6.83. The molecule has 114 valence electrons. The first-order valence-electron chi connectivity index (χ1n) is 7.14. The summed E-state index contributed by atoms with van der Waals surface area (Å²) in [6, 6.07) is -0.530. The molecule has 1 aliphatic rings. The van der Waals surface area contributed by atoms with Crippen LogP contribution in [0.25, 0.3) is 0 Å². The van der Waals surface area contributed by atoms with E-state index in [9.17, 15) is 14.4 Å². The third kappa shape index (κ3) is 4.30. The summed E-state index contributed by atoms with van der Waals surface area (Å²) >= 11 is 0. The molecule has 0 radical (unpaired) electrons. The Labute approximate surface area is 120 Å². The van der Waals surface area contributed by atoms with Crippen molar-refractivity contribution >= 4 is 17.7 Å². The van der Waals surface area contributed by atoms with Gasteiger partial charge in [-0.2, -0.15) is 0 Å². The zero-order valence-electron chi connectivity index (χ0n) is 12.6. The van der Waals surface area contributed by atoms with Crippen LogP contribution in [0.5, 0.6) is 0 Å². The summed E-state index contributed by atoms with van der Waals surface area (Å²) in [5, 5.41) is 2.27. The van der Waals surface area contributed by atoms with Crippen LogP contribution in [0.1, 0.15) is 46.5 Å². The number of nitrogens with one attached hydrogen (secondary N) is 1. The second-order valence-corrected chi connectivity index (χ2v) is 6.06. The van der Waals surface area contributed by atoms with Crippen molar-refractivity contribution < 1.29 is 14.4 Å². The third-order valence-electron chi connectivity index (χ3n) is 3.80. The Kier molecular flexibility index (Phi) is 5.68. The standard InChI is InChI=1S/C14H25N3O3/c1-4-10-13(20)16-11(18)9-17(10)12(19)5-6-14(2,3)7-8-15/h10H,4-9,15H2,1-3H3,(H,16,18,20). The van der Waals surface area contributed by atoms with Gasteiger partial charge >= 0.3 is 0 Å². The highest BCUT2D eigenvalue weighted by molar-refractivity contribution is 6.04. The molecule has 0 saturated carbocycles. The van der Waals surface area contributed by atoms with E-state index in [1.165, 1.54) is 4.90 Å². The lowest BCUT2D eigenvalue weighted by Crippen LogP contribution is -2.59. The molecule has 1 fully saturated rings. The summed E-state index contributed by atoms with van der Waals surface area (Å²) in [7, 11) is 0. The smallest absolute Gasteiger partial charge is 0.249 e. The van der Waals surface area contributed by atoms with E-state index in [1.54, 1.807) is 0 Å². The molecule has 0 bridgehead atoms. The van der Waals surface area contributed by atoms with Gasteiger partial charge < -0.3 is 10.6 Å². The summed E-state index contributed by atoms with van der Waals surface area (Å²) in [6.45, 7) is 6.53. The van der Waals surface area contributed by atoms with Crippen LogP contribution in [0.2, 0.25) is 0 Å². The lowest BCUT2D eigenvalue weighted by molar-refractivity contribution is -0.150. The zero-order valence-corrected chi connectivity index (χ0v) is 12.6. The van der Waals surface area contributed by atoms with Crippen LogP contribution in [0, 0.1) is 5.41 Å². The van der Waals surface area contributed by atoms with Gasteiger partial charge in [0, 0.05) is 6.42 Å². The second-order valence-electron chi connectivity index (χ2n) is 6.06. The summed E-state index contributed by atoms with van der Waals surface area (Å²) < 4.78 is 0. The zero-order chi connectivity index (χ0) is 15.3. The predicted octanol–water partition coefficient (Wildman–Crippen LogP) is 0.405. The molecule has 1 unspecified atom stereocenters. The molecule has 3 amide bonds. The molecular formula is C14H25N3O3. The number of carbonyl (C=O) groups is 3. The van der Waals surface area contributed by atoms with E-state index < -0.39 is 11.9 Å². The first kappa shape index (κ1) is 16.6. The molecule has 0 aliphatic carbocycles. The molecule has 1 aliphatic heterocycles. The van der Waals surface area contributed by atoms with Gasteiger partial charge in [0.05, 0.1) is 0 Å². The monoisotopic (exact) mass is 283 g/mol. The molecule has 0 aromatic heterocycles. The minimum absolute atomic E-state index is 0.00578. The fourth-order valence-corrected chi connectivity index (χ4v) is 2.44. The van der Waals surface area contributed by atoms with E-state index in [0.29, 0.717) is 25.8 Å². The Morgan fingerprint density at radius 3 is 2.60 bits per heavy atom. The maximum Gasteiger partial charge on any atom is 0.249 e. The van der Waals surface area contributed by atoms with Gasteiger partial charge in [-0.05, 0) is 31.2 Å². The topological polar surface area (TPSA) is 92.5 Å². The fraction of sp³-hybridized carbons (Fsp3) is 0.786. The predicted molar refractivity (Wildman–Crippen MR) is 75.6 cm³/mol. The number of nitrogens with two attached hydrogens (primary N) is 1. The molecule has 6 heteroatoms. The summed E-state index contributed by atoms with van der Waals surface area (Å²) in [5.74, 6) is -0.919. The minimum Gasteiger partial charge on any atom is -0.330 e. The van der Waals surface area contributed by atoms with Crippen molar-refractivity contribution in [2.45, 2.75) is 52.5 Å². The van der Waals surface area contributed by atoms with Crippen LogP contribution in [-0.2, 0) is 14.4 Å². The van der Waals surface area contributed by atoms with Gasteiger partial charge in [-0.3, -0.25) is 19.7 Å². The van der Waals surface area contributed by atoms with E-state index in [2.05, 4.69) is 19.2 Å². The van der Waals surface area contributed by atoms with Crippen molar-refractivity contribution in [1.29, 1.82) is 0 Å². The van der Waals surface area contributed by atoms with Gasteiger partial charge in [0.2, 0.25) is 17.7 Å². The van der Waals surface area contributed by atoms with Crippen LogP contribution in [0.3, 0.4) is 0 Å². The van der Waals surface area contributed by atoms with Gasteiger partial charge in [0.1, 0.15) is 12.6 Å². The quantitative estimate of drug-likeness (QED) is 0.690. The molecule has 0 spiro atoms. The summed E-state index contributed by atoms with van der Waals surface area (Å²) in [5.41, 5.74) is 5.55. The van der Waals surface area contributed by atoms with E-state index in [-0.39, 0.29) is 23.8 Å². The number of hydrogen-bond acceptors (Lipinski definition) is 4. The van der Waals surface area contributed by atoms with Crippen molar-refractivity contribution in [1.82, 2.24) is 10.2 Å². The summed E-state index contributed by atoms with van der Waals surface area (Å²) in [4.78, 5) is 36.8. The molecule has 1 saturated heterocycles. The highest BCUT2D eigenvalue weighted by atomic mass is 16.2. The average Bonchev–Trinajstić information content (AvgIpc) is 2.35. The highest BCUT2D eigenvalue weighted by Crippen LogP contribution is 2.26. The number of nitrogens with zero attached hydrogens (tertiary/aromatic N) is 1. The number of imide groups is 1. The Balaban J connectivity index is 2.65. The number of rotatable bonds is 6. The van der Waals surface area contributed by atoms with Crippen LogP contribution < -0.4 is 11.1 Å². The Bertz CT molecular complexity index is 393. The van der Waals surface area contributed by atoms with Crippen molar-refractivity contribution in [2.75, 3.05) is 13.1 Å². The lowest BCUT2D eigenvalue weighted by atomic mass is 9.84. The molecular weight excluding hydrogens is 258 g/mol. The number of amides is 3. The lowest BCUT2D eigenvalue weighted by Gasteiger charge is -2.34. The van der Waals surface area contributed by atoms with E-state index in [0.717, 1.165) is 6.42 Å². The first-order valence-corrected chi connectivity index (χ1v) is 7.14. The van der Waals surface area contributed by atoms with E-state index >= 15 is 0 Å². The highest BCUT2D eigenvalue weighted by Gasteiger charge is 2.35.